The third-order valence-electron chi connectivity index (χ3n) is 5.39. The quantitative estimate of drug-likeness (QED) is 0.289. The van der Waals surface area contributed by atoms with Gasteiger partial charge in [0.05, 0.1) is 32.0 Å². The van der Waals surface area contributed by atoms with Crippen LogP contribution in [0.25, 0.3) is 0 Å². The topological polar surface area (TPSA) is 126 Å². The van der Waals surface area contributed by atoms with Crippen molar-refractivity contribution in [3.05, 3.63) is 85.2 Å². The van der Waals surface area contributed by atoms with E-state index in [0.29, 0.717) is 16.5 Å². The number of aromatic amines is 1. The van der Waals surface area contributed by atoms with Gasteiger partial charge in [0.1, 0.15) is 12.5 Å². The highest BCUT2D eigenvalue weighted by atomic mass is 35.5. The van der Waals surface area contributed by atoms with Gasteiger partial charge in [0.2, 0.25) is 5.62 Å². The molecule has 3 rings (SSSR count). The van der Waals surface area contributed by atoms with Crippen molar-refractivity contribution in [2.75, 3.05) is 21.0 Å². The Morgan fingerprint density at radius 2 is 1.79 bits per heavy atom. The SMILES string of the molecule is COCOC(Cn1c(=O)[nH]c(=Nc2ccc(OC(C)C)c(C)c2)n(Cc2ccc(Cl)cc2)c1=O)C(=O)OC. The Balaban J connectivity index is 2.14. The van der Waals surface area contributed by atoms with Gasteiger partial charge in [0, 0.05) is 12.1 Å². The van der Waals surface area contributed by atoms with E-state index < -0.39 is 30.0 Å². The Labute approximate surface area is 224 Å². The van der Waals surface area contributed by atoms with E-state index in [-0.39, 0.29) is 25.1 Å². The van der Waals surface area contributed by atoms with Gasteiger partial charge in [-0.25, -0.2) is 23.9 Å². The molecule has 2 aromatic carbocycles. The van der Waals surface area contributed by atoms with Crippen LogP contribution >= 0.6 is 11.6 Å². The number of H-pyrrole nitrogens is 1. The number of aryl methyl sites for hydroxylation is 1. The van der Waals surface area contributed by atoms with Gasteiger partial charge in [-0.3, -0.25) is 9.55 Å². The van der Waals surface area contributed by atoms with Crippen LogP contribution in [0, 0.1) is 6.92 Å². The molecular formula is C26H31ClN4O7. The monoisotopic (exact) mass is 546 g/mol. The van der Waals surface area contributed by atoms with E-state index >= 15 is 0 Å². The molecule has 12 heteroatoms. The summed E-state index contributed by atoms with van der Waals surface area (Å²) >= 11 is 6.02. The normalized spacial score (nSPS) is 12.6. The number of halogens is 1. The summed E-state index contributed by atoms with van der Waals surface area (Å²) in [5, 5.41) is 0.540. The number of carbonyl (C=O) groups is 1. The molecule has 0 saturated carbocycles. The zero-order valence-corrected chi connectivity index (χ0v) is 22.7. The van der Waals surface area contributed by atoms with Gasteiger partial charge in [-0.15, -0.1) is 0 Å². The molecule has 0 fully saturated rings. The molecule has 0 radical (unpaired) electrons. The fourth-order valence-corrected chi connectivity index (χ4v) is 3.70. The summed E-state index contributed by atoms with van der Waals surface area (Å²) in [6, 6.07) is 12.2. The Morgan fingerprint density at radius 3 is 2.39 bits per heavy atom. The van der Waals surface area contributed by atoms with E-state index in [1.165, 1.54) is 18.8 Å². The van der Waals surface area contributed by atoms with Crippen molar-refractivity contribution in [1.82, 2.24) is 14.1 Å². The molecule has 0 aliphatic rings. The number of hydrogen-bond donors (Lipinski definition) is 1. The predicted molar refractivity (Wildman–Crippen MR) is 141 cm³/mol. The van der Waals surface area contributed by atoms with Crippen molar-refractivity contribution in [3.8, 4) is 5.75 Å². The minimum Gasteiger partial charge on any atom is -0.491 e. The standard InChI is InChI=1S/C26H31ClN4O7/c1-16(2)38-21-11-10-20(12-17(21)3)28-24-29-25(33)31(14-22(23(32)36-5)37-15-35-4)26(34)30(24)13-18-6-8-19(27)9-7-18/h6-12,16,22H,13-15H2,1-5H3,(H,28,29,33). The number of benzene rings is 2. The number of aromatic nitrogens is 3. The molecule has 1 atom stereocenters. The zero-order valence-electron chi connectivity index (χ0n) is 21.9. The van der Waals surface area contributed by atoms with E-state index in [0.717, 1.165) is 15.7 Å². The van der Waals surface area contributed by atoms with Crippen LogP contribution < -0.4 is 21.7 Å². The van der Waals surface area contributed by atoms with Crippen molar-refractivity contribution in [2.45, 2.75) is 46.1 Å². The Morgan fingerprint density at radius 1 is 1.08 bits per heavy atom. The second-order valence-corrected chi connectivity index (χ2v) is 9.11. The Hall–Kier alpha value is -3.67. The first-order chi connectivity index (χ1) is 18.1. The van der Waals surface area contributed by atoms with Crippen molar-refractivity contribution < 1.29 is 23.7 Å². The first kappa shape index (κ1) is 28.9. The lowest BCUT2D eigenvalue weighted by Gasteiger charge is -2.17. The molecule has 3 aromatic rings. The van der Waals surface area contributed by atoms with Crippen LogP contribution in [0.15, 0.2) is 57.0 Å². The predicted octanol–water partition coefficient (Wildman–Crippen LogP) is 2.53. The lowest BCUT2D eigenvalue weighted by molar-refractivity contribution is -0.163. The lowest BCUT2D eigenvalue weighted by atomic mass is 10.2. The van der Waals surface area contributed by atoms with E-state index in [1.807, 2.05) is 20.8 Å². The average molecular weight is 547 g/mol. The molecule has 0 bridgehead atoms. The molecule has 1 heterocycles. The lowest BCUT2D eigenvalue weighted by Crippen LogP contribution is -2.52. The number of methoxy groups -OCH3 is 2. The molecular weight excluding hydrogens is 516 g/mol. The summed E-state index contributed by atoms with van der Waals surface area (Å²) in [6.45, 7) is 5.18. The molecule has 0 aliphatic heterocycles. The summed E-state index contributed by atoms with van der Waals surface area (Å²) < 4.78 is 22.9. The molecule has 0 saturated heterocycles. The number of nitrogens with one attached hydrogen (secondary N) is 1. The molecule has 204 valence electrons. The first-order valence-corrected chi connectivity index (χ1v) is 12.2. The van der Waals surface area contributed by atoms with E-state index in [2.05, 4.69) is 9.98 Å². The van der Waals surface area contributed by atoms with Crippen molar-refractivity contribution in [2.24, 2.45) is 4.99 Å². The third kappa shape index (κ3) is 7.44. The summed E-state index contributed by atoms with van der Waals surface area (Å²) in [6.07, 6.45) is -1.25. The molecule has 1 N–H and O–H groups in total. The van der Waals surface area contributed by atoms with Crippen molar-refractivity contribution in [3.63, 3.8) is 0 Å². The van der Waals surface area contributed by atoms with Crippen LogP contribution in [0.2, 0.25) is 5.02 Å². The molecule has 38 heavy (non-hydrogen) atoms. The van der Waals surface area contributed by atoms with Gasteiger partial charge in [0.15, 0.2) is 6.10 Å². The third-order valence-corrected chi connectivity index (χ3v) is 5.64. The van der Waals surface area contributed by atoms with Crippen molar-refractivity contribution in [1.29, 1.82) is 0 Å². The highest BCUT2D eigenvalue weighted by Crippen LogP contribution is 2.24. The maximum atomic E-state index is 13.6. The number of hydrogen-bond acceptors (Lipinski definition) is 8. The second-order valence-electron chi connectivity index (χ2n) is 8.67. The van der Waals surface area contributed by atoms with E-state index in [9.17, 15) is 14.4 Å². The van der Waals surface area contributed by atoms with Gasteiger partial charge in [-0.05, 0) is 62.2 Å². The van der Waals surface area contributed by atoms with E-state index in [1.54, 1.807) is 42.5 Å². The Kier molecular flexibility index (Phi) is 10.1. The molecule has 1 aromatic heterocycles. The molecule has 0 spiro atoms. The largest absolute Gasteiger partial charge is 0.491 e. The minimum atomic E-state index is -1.25. The first-order valence-electron chi connectivity index (χ1n) is 11.8. The molecule has 11 nitrogen and oxygen atoms in total. The molecule has 0 amide bonds. The summed E-state index contributed by atoms with van der Waals surface area (Å²) in [7, 11) is 2.56. The van der Waals surface area contributed by atoms with Gasteiger partial charge >= 0.3 is 17.3 Å². The average Bonchev–Trinajstić information content (AvgIpc) is 2.88. The number of carbonyl (C=O) groups excluding carboxylic acids is 1. The van der Waals surface area contributed by atoms with Crippen LogP contribution in [0.5, 0.6) is 5.75 Å². The van der Waals surface area contributed by atoms with Gasteiger partial charge < -0.3 is 18.9 Å². The fraction of sp³-hybridized carbons (Fsp3) is 0.385. The van der Waals surface area contributed by atoms with Gasteiger partial charge in [-0.2, -0.15) is 0 Å². The van der Waals surface area contributed by atoms with Gasteiger partial charge in [0.25, 0.3) is 0 Å². The molecule has 0 aliphatic carbocycles. The maximum absolute atomic E-state index is 13.6. The van der Waals surface area contributed by atoms with Crippen LogP contribution in [0.4, 0.5) is 5.69 Å². The van der Waals surface area contributed by atoms with Crippen LogP contribution in [-0.4, -0.2) is 53.3 Å². The number of nitrogens with zero attached hydrogens (tertiary/aromatic N) is 3. The summed E-state index contributed by atoms with van der Waals surface area (Å²) in [5.41, 5.74) is 0.642. The summed E-state index contributed by atoms with van der Waals surface area (Å²) in [4.78, 5) is 46.0. The Bertz CT molecular complexity index is 1440. The fourth-order valence-electron chi connectivity index (χ4n) is 3.57. The smallest absolute Gasteiger partial charge is 0.336 e. The van der Waals surface area contributed by atoms with Gasteiger partial charge in [-0.1, -0.05) is 23.7 Å². The minimum absolute atomic E-state index is 0.00338. The van der Waals surface area contributed by atoms with Crippen molar-refractivity contribution >= 4 is 23.3 Å². The van der Waals surface area contributed by atoms with Crippen LogP contribution in [0.3, 0.4) is 0 Å². The number of esters is 1. The van der Waals surface area contributed by atoms with Crippen LogP contribution in [0.1, 0.15) is 25.0 Å². The highest BCUT2D eigenvalue weighted by Gasteiger charge is 2.23. The molecule has 1 unspecified atom stereocenters. The second kappa shape index (κ2) is 13.2. The van der Waals surface area contributed by atoms with Crippen LogP contribution in [-0.2, 0) is 32.1 Å². The van der Waals surface area contributed by atoms with E-state index in [4.69, 9.17) is 30.5 Å². The highest BCUT2D eigenvalue weighted by molar-refractivity contribution is 6.30. The zero-order chi connectivity index (χ0) is 27.8. The number of rotatable bonds is 11. The number of ether oxygens (including phenoxy) is 4. The maximum Gasteiger partial charge on any atom is 0.336 e. The summed E-state index contributed by atoms with van der Waals surface area (Å²) in [5.74, 6) is -0.0487.